The SMILES string of the molecule is CCSC1=C(NC)CCN(C(=O)Cc2ccc(F)cc2)C1.NCC1CCCN1. The summed E-state index contributed by atoms with van der Waals surface area (Å²) < 4.78 is 12.9. The lowest BCUT2D eigenvalue weighted by atomic mass is 10.1. The van der Waals surface area contributed by atoms with E-state index in [2.05, 4.69) is 17.6 Å². The minimum atomic E-state index is -0.271. The Hall–Kier alpha value is -1.57. The standard InChI is InChI=1S/C16H21FN2OS.C5H12N2/c1-3-21-15-11-19(9-8-14(15)18-2)16(20)10-12-4-6-13(17)7-5-12;6-4-5-2-1-3-7-5/h4-7,18H,3,8-11H2,1-2H3;5,7H,1-4,6H2. The Balaban J connectivity index is 0.000000336. The average molecular weight is 409 g/mol. The highest BCUT2D eigenvalue weighted by molar-refractivity contribution is 8.03. The predicted octanol–water partition coefficient (Wildman–Crippen LogP) is 2.48. The van der Waals surface area contributed by atoms with Gasteiger partial charge in [-0.1, -0.05) is 19.1 Å². The molecule has 5 nitrogen and oxygen atoms in total. The summed E-state index contributed by atoms with van der Waals surface area (Å²) in [5, 5.41) is 6.51. The number of nitrogens with zero attached hydrogens (tertiary/aromatic N) is 1. The van der Waals surface area contributed by atoms with E-state index in [0.717, 1.165) is 30.8 Å². The first-order valence-electron chi connectivity index (χ1n) is 10.1. The molecule has 1 aromatic rings. The van der Waals surface area contributed by atoms with Gasteiger partial charge in [0.15, 0.2) is 0 Å². The van der Waals surface area contributed by atoms with Crippen LogP contribution in [-0.4, -0.2) is 55.8 Å². The number of carbonyl (C=O) groups is 1. The summed E-state index contributed by atoms with van der Waals surface area (Å²) in [5.74, 6) is 0.832. The number of amides is 1. The minimum absolute atomic E-state index is 0.103. The number of hydrogen-bond donors (Lipinski definition) is 3. The molecule has 2 aliphatic heterocycles. The van der Waals surface area contributed by atoms with Crippen LogP contribution < -0.4 is 16.4 Å². The van der Waals surface area contributed by atoms with Gasteiger partial charge in [0.2, 0.25) is 5.91 Å². The zero-order valence-electron chi connectivity index (χ0n) is 17.0. The maximum atomic E-state index is 12.9. The third kappa shape index (κ3) is 7.11. The lowest BCUT2D eigenvalue weighted by molar-refractivity contribution is -0.130. The van der Waals surface area contributed by atoms with Gasteiger partial charge < -0.3 is 21.3 Å². The molecule has 2 heterocycles. The molecule has 7 heteroatoms. The normalized spacial score (nSPS) is 19.3. The van der Waals surface area contributed by atoms with Crippen molar-refractivity contribution in [2.45, 2.75) is 38.6 Å². The molecule has 1 saturated heterocycles. The van der Waals surface area contributed by atoms with Gasteiger partial charge in [-0.2, -0.15) is 0 Å². The molecule has 1 fully saturated rings. The topological polar surface area (TPSA) is 70.4 Å². The van der Waals surface area contributed by atoms with Crippen molar-refractivity contribution in [2.75, 3.05) is 39.0 Å². The number of nitrogens with two attached hydrogens (primary N) is 1. The Morgan fingerprint density at radius 1 is 1.39 bits per heavy atom. The van der Waals surface area contributed by atoms with Gasteiger partial charge in [0.05, 0.1) is 13.0 Å². The molecule has 28 heavy (non-hydrogen) atoms. The zero-order valence-corrected chi connectivity index (χ0v) is 17.8. The first-order valence-corrected chi connectivity index (χ1v) is 11.0. The molecule has 1 unspecified atom stereocenters. The van der Waals surface area contributed by atoms with Crippen LogP contribution in [0, 0.1) is 5.82 Å². The monoisotopic (exact) mass is 408 g/mol. The van der Waals surface area contributed by atoms with E-state index in [1.165, 1.54) is 42.1 Å². The maximum Gasteiger partial charge on any atom is 0.227 e. The van der Waals surface area contributed by atoms with E-state index >= 15 is 0 Å². The van der Waals surface area contributed by atoms with Gasteiger partial charge in [-0.05, 0) is 42.8 Å². The summed E-state index contributed by atoms with van der Waals surface area (Å²) in [6.45, 7) is 5.50. The van der Waals surface area contributed by atoms with Gasteiger partial charge in [-0.15, -0.1) is 11.8 Å². The predicted molar refractivity (Wildman–Crippen MR) is 116 cm³/mol. The van der Waals surface area contributed by atoms with Gasteiger partial charge in [0.25, 0.3) is 0 Å². The Morgan fingerprint density at radius 3 is 2.68 bits per heavy atom. The number of thioether (sulfide) groups is 1. The van der Waals surface area contributed by atoms with E-state index in [9.17, 15) is 9.18 Å². The van der Waals surface area contributed by atoms with Crippen molar-refractivity contribution >= 4 is 17.7 Å². The molecular weight excluding hydrogens is 375 g/mol. The lowest BCUT2D eigenvalue weighted by Crippen LogP contribution is -2.39. The van der Waals surface area contributed by atoms with Gasteiger partial charge in [-0.3, -0.25) is 4.79 Å². The number of benzene rings is 1. The fourth-order valence-corrected chi connectivity index (χ4v) is 4.34. The smallest absolute Gasteiger partial charge is 0.227 e. The molecule has 3 rings (SSSR count). The van der Waals surface area contributed by atoms with Crippen LogP contribution in [0.3, 0.4) is 0 Å². The molecule has 0 bridgehead atoms. The third-order valence-corrected chi connectivity index (χ3v) is 6.00. The number of halogens is 1. The Kier molecular flexibility index (Phi) is 9.81. The lowest BCUT2D eigenvalue weighted by Gasteiger charge is -2.30. The zero-order chi connectivity index (χ0) is 20.4. The molecule has 1 atom stereocenters. The molecule has 0 radical (unpaired) electrons. The molecular formula is C21H33FN4OS. The molecule has 0 spiro atoms. The highest BCUT2D eigenvalue weighted by Crippen LogP contribution is 2.26. The Morgan fingerprint density at radius 2 is 2.14 bits per heavy atom. The van der Waals surface area contributed by atoms with Gasteiger partial charge in [0, 0.05) is 43.2 Å². The van der Waals surface area contributed by atoms with E-state index < -0.39 is 0 Å². The second-order valence-corrected chi connectivity index (χ2v) is 8.34. The van der Waals surface area contributed by atoms with E-state index in [4.69, 9.17) is 5.73 Å². The van der Waals surface area contributed by atoms with E-state index in [1.54, 1.807) is 23.9 Å². The van der Waals surface area contributed by atoms with Crippen LogP contribution in [0.2, 0.25) is 0 Å². The molecule has 0 aliphatic carbocycles. The minimum Gasteiger partial charge on any atom is -0.391 e. The molecule has 1 aromatic carbocycles. The number of rotatable bonds is 6. The van der Waals surface area contributed by atoms with Gasteiger partial charge in [-0.25, -0.2) is 4.39 Å². The van der Waals surface area contributed by atoms with Crippen LogP contribution in [0.15, 0.2) is 34.9 Å². The van der Waals surface area contributed by atoms with Gasteiger partial charge in [0.1, 0.15) is 5.82 Å². The van der Waals surface area contributed by atoms with E-state index in [0.29, 0.717) is 19.0 Å². The largest absolute Gasteiger partial charge is 0.391 e. The van der Waals surface area contributed by atoms with Crippen LogP contribution in [0.1, 0.15) is 31.7 Å². The van der Waals surface area contributed by atoms with Crippen molar-refractivity contribution in [3.63, 3.8) is 0 Å². The second kappa shape index (κ2) is 12.1. The molecule has 156 valence electrons. The van der Waals surface area contributed by atoms with E-state index in [-0.39, 0.29) is 11.7 Å². The van der Waals surface area contributed by atoms with Crippen molar-refractivity contribution < 1.29 is 9.18 Å². The summed E-state index contributed by atoms with van der Waals surface area (Å²) in [4.78, 5) is 15.5. The number of carbonyl (C=O) groups excluding carboxylic acids is 1. The average Bonchev–Trinajstić information content (AvgIpc) is 3.24. The summed E-state index contributed by atoms with van der Waals surface area (Å²) in [7, 11) is 1.93. The van der Waals surface area contributed by atoms with Crippen LogP contribution in [0.4, 0.5) is 4.39 Å². The van der Waals surface area contributed by atoms with Crippen molar-refractivity contribution in [2.24, 2.45) is 5.73 Å². The molecule has 2 aliphatic rings. The molecule has 0 saturated carbocycles. The second-order valence-electron chi connectivity index (χ2n) is 6.98. The van der Waals surface area contributed by atoms with Gasteiger partial charge >= 0.3 is 0 Å². The first kappa shape index (κ1) is 22.7. The third-order valence-electron chi connectivity index (χ3n) is 4.99. The van der Waals surface area contributed by atoms with Crippen LogP contribution in [-0.2, 0) is 11.2 Å². The first-order chi connectivity index (χ1) is 13.6. The maximum absolute atomic E-state index is 12.9. The highest BCUT2D eigenvalue weighted by atomic mass is 32.2. The quantitative estimate of drug-likeness (QED) is 0.675. The summed E-state index contributed by atoms with van der Waals surface area (Å²) in [6, 6.07) is 6.77. The van der Waals surface area contributed by atoms with Crippen molar-refractivity contribution in [1.82, 2.24) is 15.5 Å². The summed E-state index contributed by atoms with van der Waals surface area (Å²) >= 11 is 1.79. The molecule has 0 aromatic heterocycles. The number of hydrogen-bond acceptors (Lipinski definition) is 5. The Bertz CT molecular complexity index is 644. The summed E-state index contributed by atoms with van der Waals surface area (Å²) in [5.41, 5.74) is 7.47. The van der Waals surface area contributed by atoms with Crippen LogP contribution in [0.5, 0.6) is 0 Å². The fourth-order valence-electron chi connectivity index (χ4n) is 3.36. The summed E-state index contributed by atoms with van der Waals surface area (Å²) in [6.07, 6.45) is 3.78. The highest BCUT2D eigenvalue weighted by Gasteiger charge is 2.22. The number of nitrogens with one attached hydrogen (secondary N) is 2. The van der Waals surface area contributed by atoms with Crippen LogP contribution >= 0.6 is 11.8 Å². The van der Waals surface area contributed by atoms with Crippen molar-refractivity contribution in [3.8, 4) is 0 Å². The molecule has 4 N–H and O–H groups in total. The Labute approximate surface area is 172 Å². The van der Waals surface area contributed by atoms with Crippen molar-refractivity contribution in [3.05, 3.63) is 46.2 Å². The molecule has 1 amide bonds. The van der Waals surface area contributed by atoms with E-state index in [1.807, 2.05) is 11.9 Å². The van der Waals surface area contributed by atoms with Crippen molar-refractivity contribution in [1.29, 1.82) is 0 Å². The van der Waals surface area contributed by atoms with Crippen LogP contribution in [0.25, 0.3) is 0 Å². The fraction of sp³-hybridized carbons (Fsp3) is 0.571.